The molecule has 34 heavy (non-hydrogen) atoms. The number of nitrogen functional groups attached to an aromatic ring is 1. The van der Waals surface area contributed by atoms with Crippen molar-refractivity contribution in [2.24, 2.45) is 0 Å². The van der Waals surface area contributed by atoms with Gasteiger partial charge in [-0.05, 0) is 43.3 Å². The van der Waals surface area contributed by atoms with E-state index in [4.69, 9.17) is 10.2 Å². The van der Waals surface area contributed by atoms with Crippen molar-refractivity contribution in [3.8, 4) is 34.3 Å². The summed E-state index contributed by atoms with van der Waals surface area (Å²) in [5.41, 5.74) is 9.42. The number of anilines is 1. The summed E-state index contributed by atoms with van der Waals surface area (Å²) < 4.78 is 32.4. The molecule has 1 fully saturated rings. The highest BCUT2D eigenvalue weighted by Crippen LogP contribution is 2.29. The second-order valence-corrected chi connectivity index (χ2v) is 9.85. The maximum absolute atomic E-state index is 12.6. The first kappa shape index (κ1) is 22.1. The summed E-state index contributed by atoms with van der Waals surface area (Å²) >= 11 is 0. The van der Waals surface area contributed by atoms with E-state index in [0.717, 1.165) is 24.1 Å². The molecule has 0 bridgehead atoms. The lowest BCUT2D eigenvalue weighted by Gasteiger charge is -2.29. The van der Waals surface area contributed by atoms with Crippen molar-refractivity contribution in [3.63, 3.8) is 0 Å². The average molecular weight is 478 g/mol. The fraction of sp³-hybridized carbons (Fsp3) is 0.217. The SMILES string of the molecule is CNCc1ccc(-c2nnc(-c3nc(-c4ccc(S(=O)(=O)N5CCC5)cc4)cnc3N)o2)cc1. The quantitative estimate of drug-likeness (QED) is 0.411. The Bertz CT molecular complexity index is 1410. The predicted molar refractivity (Wildman–Crippen MR) is 127 cm³/mol. The van der Waals surface area contributed by atoms with Crippen molar-refractivity contribution in [1.82, 2.24) is 29.8 Å². The summed E-state index contributed by atoms with van der Waals surface area (Å²) in [4.78, 5) is 9.03. The van der Waals surface area contributed by atoms with Gasteiger partial charge < -0.3 is 15.5 Å². The number of aromatic nitrogens is 4. The fourth-order valence-electron chi connectivity index (χ4n) is 3.57. The summed E-state index contributed by atoms with van der Waals surface area (Å²) in [5.74, 6) is 0.650. The van der Waals surface area contributed by atoms with Crippen LogP contribution in [0.3, 0.4) is 0 Å². The molecule has 174 valence electrons. The summed E-state index contributed by atoms with van der Waals surface area (Å²) in [6.07, 6.45) is 2.41. The van der Waals surface area contributed by atoms with Gasteiger partial charge in [0.15, 0.2) is 11.5 Å². The highest BCUT2D eigenvalue weighted by molar-refractivity contribution is 7.89. The van der Waals surface area contributed by atoms with Crippen LogP contribution in [0.5, 0.6) is 0 Å². The number of benzene rings is 2. The highest BCUT2D eigenvalue weighted by Gasteiger charge is 2.29. The van der Waals surface area contributed by atoms with E-state index < -0.39 is 10.0 Å². The molecule has 0 spiro atoms. The van der Waals surface area contributed by atoms with Gasteiger partial charge in [-0.1, -0.05) is 24.3 Å². The van der Waals surface area contributed by atoms with Crippen LogP contribution in [0.25, 0.3) is 34.3 Å². The van der Waals surface area contributed by atoms with Crippen LogP contribution in [0.2, 0.25) is 0 Å². The summed E-state index contributed by atoms with van der Waals surface area (Å²) in [7, 11) is -1.56. The zero-order valence-corrected chi connectivity index (χ0v) is 19.3. The minimum absolute atomic E-state index is 0.151. The maximum Gasteiger partial charge on any atom is 0.270 e. The molecular formula is C23H23N7O3S. The molecule has 0 radical (unpaired) electrons. The maximum atomic E-state index is 12.6. The van der Waals surface area contributed by atoms with E-state index in [9.17, 15) is 8.42 Å². The zero-order valence-electron chi connectivity index (χ0n) is 18.5. The molecule has 5 rings (SSSR count). The third kappa shape index (κ3) is 4.16. The lowest BCUT2D eigenvalue weighted by Crippen LogP contribution is -2.41. The predicted octanol–water partition coefficient (Wildman–Crippen LogP) is 2.56. The molecule has 0 amide bonds. The molecule has 1 aliphatic rings. The monoisotopic (exact) mass is 477 g/mol. The van der Waals surface area contributed by atoms with E-state index in [-0.39, 0.29) is 22.3 Å². The van der Waals surface area contributed by atoms with Crippen molar-refractivity contribution < 1.29 is 12.8 Å². The van der Waals surface area contributed by atoms with Gasteiger partial charge in [0.25, 0.3) is 5.89 Å². The Kier molecular flexibility index (Phi) is 5.82. The first-order chi connectivity index (χ1) is 16.5. The molecule has 0 saturated carbocycles. The number of hydrogen-bond acceptors (Lipinski definition) is 9. The number of rotatable bonds is 7. The summed E-state index contributed by atoms with van der Waals surface area (Å²) in [6, 6.07) is 14.3. The van der Waals surface area contributed by atoms with Crippen LogP contribution in [-0.2, 0) is 16.6 Å². The molecule has 0 atom stereocenters. The van der Waals surface area contributed by atoms with E-state index in [2.05, 4.69) is 25.5 Å². The molecule has 10 nitrogen and oxygen atoms in total. The van der Waals surface area contributed by atoms with Crippen molar-refractivity contribution in [2.75, 3.05) is 25.9 Å². The van der Waals surface area contributed by atoms with Crippen molar-refractivity contribution in [1.29, 1.82) is 0 Å². The summed E-state index contributed by atoms with van der Waals surface area (Å²) in [6.45, 7) is 1.88. The Morgan fingerprint density at radius 1 is 1.00 bits per heavy atom. The van der Waals surface area contributed by atoms with Gasteiger partial charge in [-0.15, -0.1) is 10.2 Å². The number of nitrogens with two attached hydrogens (primary N) is 1. The Morgan fingerprint density at radius 2 is 1.68 bits per heavy atom. The minimum Gasteiger partial charge on any atom is -0.414 e. The first-order valence-corrected chi connectivity index (χ1v) is 12.2. The van der Waals surface area contributed by atoms with Gasteiger partial charge in [0, 0.05) is 30.8 Å². The second-order valence-electron chi connectivity index (χ2n) is 7.91. The molecule has 0 unspecified atom stereocenters. The van der Waals surface area contributed by atoms with Crippen LogP contribution in [0, 0.1) is 0 Å². The molecule has 4 aromatic rings. The van der Waals surface area contributed by atoms with Gasteiger partial charge in [0.2, 0.25) is 15.9 Å². The number of hydrogen-bond donors (Lipinski definition) is 2. The topological polar surface area (TPSA) is 140 Å². The molecule has 11 heteroatoms. The lowest BCUT2D eigenvalue weighted by molar-refractivity contribution is 0.309. The molecule has 3 N–H and O–H groups in total. The molecule has 1 saturated heterocycles. The third-order valence-electron chi connectivity index (χ3n) is 5.61. The number of sulfonamides is 1. The second kappa shape index (κ2) is 8.93. The minimum atomic E-state index is -3.45. The van der Waals surface area contributed by atoms with E-state index in [1.165, 1.54) is 10.5 Å². The molecular weight excluding hydrogens is 454 g/mol. The zero-order chi connectivity index (χ0) is 23.7. The van der Waals surface area contributed by atoms with E-state index >= 15 is 0 Å². The van der Waals surface area contributed by atoms with E-state index in [1.807, 2.05) is 31.3 Å². The van der Waals surface area contributed by atoms with Crippen molar-refractivity contribution in [2.45, 2.75) is 17.9 Å². The van der Waals surface area contributed by atoms with E-state index in [1.54, 1.807) is 24.3 Å². The average Bonchev–Trinajstić information content (AvgIpc) is 3.29. The Labute approximate surface area is 196 Å². The molecule has 0 aliphatic carbocycles. The molecule has 2 aromatic heterocycles. The fourth-order valence-corrected chi connectivity index (χ4v) is 5.09. The van der Waals surface area contributed by atoms with Crippen LogP contribution in [-0.4, -0.2) is 53.0 Å². The number of nitrogens with zero attached hydrogens (tertiary/aromatic N) is 5. The van der Waals surface area contributed by atoms with Crippen LogP contribution < -0.4 is 11.1 Å². The van der Waals surface area contributed by atoms with Crippen LogP contribution in [0.4, 0.5) is 5.82 Å². The molecule has 2 aromatic carbocycles. The lowest BCUT2D eigenvalue weighted by atomic mass is 10.1. The van der Waals surface area contributed by atoms with Gasteiger partial charge in [0.1, 0.15) is 0 Å². The Hall–Kier alpha value is -3.67. The van der Waals surface area contributed by atoms with Crippen molar-refractivity contribution >= 4 is 15.8 Å². The van der Waals surface area contributed by atoms with Crippen molar-refractivity contribution in [3.05, 3.63) is 60.3 Å². The van der Waals surface area contributed by atoms with Crippen LogP contribution >= 0.6 is 0 Å². The Morgan fingerprint density at radius 3 is 2.32 bits per heavy atom. The third-order valence-corrected chi connectivity index (χ3v) is 7.53. The van der Waals surface area contributed by atoms with E-state index in [0.29, 0.717) is 30.2 Å². The molecule has 1 aliphatic heterocycles. The first-order valence-electron chi connectivity index (χ1n) is 10.8. The number of nitrogens with one attached hydrogen (secondary N) is 1. The Balaban J connectivity index is 1.41. The van der Waals surface area contributed by atoms with Gasteiger partial charge in [-0.25, -0.2) is 18.4 Å². The van der Waals surface area contributed by atoms with Gasteiger partial charge >= 0.3 is 0 Å². The van der Waals surface area contributed by atoms with Gasteiger partial charge in [0.05, 0.1) is 16.8 Å². The smallest absolute Gasteiger partial charge is 0.270 e. The van der Waals surface area contributed by atoms with Crippen LogP contribution in [0.1, 0.15) is 12.0 Å². The van der Waals surface area contributed by atoms with Gasteiger partial charge in [-0.3, -0.25) is 0 Å². The highest BCUT2D eigenvalue weighted by atomic mass is 32.2. The van der Waals surface area contributed by atoms with Gasteiger partial charge in [-0.2, -0.15) is 4.31 Å². The summed E-state index contributed by atoms with van der Waals surface area (Å²) in [5, 5.41) is 11.3. The standard InChI is InChI=1S/C23H23N7O3S/c1-25-13-15-3-5-17(6-4-15)22-28-29-23(33-22)20-21(24)26-14-19(27-20)16-7-9-18(10-8-16)34(31,32)30-11-2-12-30/h3-10,14,25H,2,11-13H2,1H3,(H2,24,26). The van der Waals surface area contributed by atoms with Crippen LogP contribution in [0.15, 0.2) is 64.0 Å². The normalized spacial score (nSPS) is 14.1. The largest absolute Gasteiger partial charge is 0.414 e. The molecule has 3 heterocycles.